The highest BCUT2D eigenvalue weighted by molar-refractivity contribution is 7.89. The Bertz CT molecular complexity index is 953. The lowest BCUT2D eigenvalue weighted by Crippen LogP contribution is -2.22. The Morgan fingerprint density at radius 1 is 0.893 bits per heavy atom. The van der Waals surface area contributed by atoms with Gasteiger partial charge in [-0.15, -0.1) is 0 Å². The summed E-state index contributed by atoms with van der Waals surface area (Å²) in [6, 6.07) is 12.6. The maximum atomic E-state index is 12.2. The third-order valence-corrected chi connectivity index (χ3v) is 6.11. The Labute approximate surface area is 166 Å². The summed E-state index contributed by atoms with van der Waals surface area (Å²) >= 11 is 0. The molecule has 0 aliphatic heterocycles. The van der Waals surface area contributed by atoms with Gasteiger partial charge >= 0.3 is 5.97 Å². The molecule has 0 atom stereocenters. The van der Waals surface area contributed by atoms with Crippen LogP contribution >= 0.6 is 0 Å². The first kappa shape index (κ1) is 21.8. The van der Waals surface area contributed by atoms with Gasteiger partial charge in [0, 0.05) is 19.7 Å². The number of esters is 1. The topological polar surface area (TPSA) is 80.8 Å². The molecular weight excluding hydrogens is 378 g/mol. The molecule has 6 nitrogen and oxygen atoms in total. The lowest BCUT2D eigenvalue weighted by atomic mass is 9.86. The molecule has 2 rings (SSSR count). The second-order valence-electron chi connectivity index (χ2n) is 7.64. The van der Waals surface area contributed by atoms with E-state index in [0.29, 0.717) is 5.56 Å². The average Bonchev–Trinajstić information content (AvgIpc) is 2.65. The maximum absolute atomic E-state index is 12.2. The number of ether oxygens (including phenoxy) is 1. The van der Waals surface area contributed by atoms with Gasteiger partial charge in [-0.05, 0) is 35.2 Å². The molecule has 0 N–H and O–H groups in total. The Kier molecular flexibility index (Phi) is 6.41. The smallest absolute Gasteiger partial charge is 0.338 e. The molecule has 0 aromatic heterocycles. The first-order valence-electron chi connectivity index (χ1n) is 8.76. The number of carbonyl (C=O) groups excluding carboxylic acids is 2. The molecule has 2 aromatic carbocycles. The van der Waals surface area contributed by atoms with Crippen LogP contribution in [0.3, 0.4) is 0 Å². The summed E-state index contributed by atoms with van der Waals surface area (Å²) in [6.45, 7) is 5.87. The van der Waals surface area contributed by atoms with E-state index in [1.165, 1.54) is 38.4 Å². The van der Waals surface area contributed by atoms with Crippen molar-refractivity contribution in [3.63, 3.8) is 0 Å². The van der Waals surface area contributed by atoms with E-state index in [1.807, 2.05) is 12.1 Å². The number of carbonyl (C=O) groups is 2. The first-order valence-corrected chi connectivity index (χ1v) is 10.2. The molecule has 0 aliphatic carbocycles. The van der Waals surface area contributed by atoms with Gasteiger partial charge in [0.15, 0.2) is 12.4 Å². The number of sulfonamides is 1. The van der Waals surface area contributed by atoms with Crippen LogP contribution in [0.1, 0.15) is 47.1 Å². The van der Waals surface area contributed by atoms with Crippen LogP contribution in [0.15, 0.2) is 53.4 Å². The number of ketones is 1. The number of nitrogens with zero attached hydrogens (tertiary/aromatic N) is 1. The molecule has 0 fully saturated rings. The second kappa shape index (κ2) is 8.24. The zero-order valence-electron chi connectivity index (χ0n) is 16.7. The van der Waals surface area contributed by atoms with E-state index >= 15 is 0 Å². The SMILES string of the molecule is CN(C)S(=O)(=O)c1ccc(C(=O)OCC(=O)c2ccc(C(C)(C)C)cc2)cc1. The molecule has 2 aromatic rings. The van der Waals surface area contributed by atoms with Crippen molar-refractivity contribution in [3.05, 3.63) is 65.2 Å². The van der Waals surface area contributed by atoms with E-state index in [-0.39, 0.29) is 28.3 Å². The van der Waals surface area contributed by atoms with Gasteiger partial charge in [0.2, 0.25) is 10.0 Å². The summed E-state index contributed by atoms with van der Waals surface area (Å²) in [4.78, 5) is 24.4. The van der Waals surface area contributed by atoms with Crippen molar-refractivity contribution in [1.82, 2.24) is 4.31 Å². The standard InChI is InChI=1S/C21H25NO5S/c1-21(2,3)17-10-6-15(7-11-17)19(23)14-27-20(24)16-8-12-18(13-9-16)28(25,26)22(4)5/h6-13H,14H2,1-5H3. The van der Waals surface area contributed by atoms with Gasteiger partial charge in [-0.3, -0.25) is 4.79 Å². The summed E-state index contributed by atoms with van der Waals surface area (Å²) in [6.07, 6.45) is 0. The predicted molar refractivity (Wildman–Crippen MR) is 107 cm³/mol. The van der Waals surface area contributed by atoms with Crippen LogP contribution in [-0.4, -0.2) is 45.2 Å². The summed E-state index contributed by atoms with van der Waals surface area (Å²) in [5.74, 6) is -0.992. The molecule has 0 spiro atoms. The Balaban J connectivity index is 2.01. The van der Waals surface area contributed by atoms with E-state index in [4.69, 9.17) is 4.74 Å². The fourth-order valence-corrected chi connectivity index (χ4v) is 3.33. The van der Waals surface area contributed by atoms with E-state index in [2.05, 4.69) is 20.8 Å². The van der Waals surface area contributed by atoms with Crippen LogP contribution in [0, 0.1) is 0 Å². The van der Waals surface area contributed by atoms with Crippen molar-refractivity contribution in [2.45, 2.75) is 31.1 Å². The van der Waals surface area contributed by atoms with Gasteiger partial charge in [0.1, 0.15) is 0 Å². The monoisotopic (exact) mass is 403 g/mol. The van der Waals surface area contributed by atoms with Crippen molar-refractivity contribution in [2.75, 3.05) is 20.7 Å². The van der Waals surface area contributed by atoms with Crippen molar-refractivity contribution in [3.8, 4) is 0 Å². The van der Waals surface area contributed by atoms with Crippen LogP contribution in [0.5, 0.6) is 0 Å². The molecule has 0 aliphatic rings. The Morgan fingerprint density at radius 2 is 1.39 bits per heavy atom. The molecule has 0 saturated heterocycles. The van der Waals surface area contributed by atoms with E-state index in [9.17, 15) is 18.0 Å². The third kappa shape index (κ3) is 5.05. The zero-order valence-corrected chi connectivity index (χ0v) is 17.5. The van der Waals surface area contributed by atoms with Crippen LogP contribution in [0.2, 0.25) is 0 Å². The minimum atomic E-state index is -3.57. The van der Waals surface area contributed by atoms with Crippen molar-refractivity contribution in [1.29, 1.82) is 0 Å². The summed E-state index contributed by atoms with van der Waals surface area (Å²) in [5, 5.41) is 0. The predicted octanol–water partition coefficient (Wildman–Crippen LogP) is 3.27. The largest absolute Gasteiger partial charge is 0.454 e. The van der Waals surface area contributed by atoms with Gasteiger partial charge in [-0.1, -0.05) is 45.0 Å². The first-order chi connectivity index (χ1) is 12.9. The van der Waals surface area contributed by atoms with Gasteiger partial charge in [-0.2, -0.15) is 0 Å². The van der Waals surface area contributed by atoms with Gasteiger partial charge in [0.25, 0.3) is 0 Å². The molecule has 0 radical (unpaired) electrons. The molecule has 28 heavy (non-hydrogen) atoms. The minimum absolute atomic E-state index is 0.0136. The summed E-state index contributed by atoms with van der Waals surface area (Å²) in [5.41, 5.74) is 1.73. The average molecular weight is 404 g/mol. The fraction of sp³-hybridized carbons (Fsp3) is 0.333. The van der Waals surface area contributed by atoms with Gasteiger partial charge in [-0.25, -0.2) is 17.5 Å². The van der Waals surface area contributed by atoms with Crippen molar-refractivity contribution in [2.24, 2.45) is 0 Å². The number of benzene rings is 2. The number of hydrogen-bond donors (Lipinski definition) is 0. The second-order valence-corrected chi connectivity index (χ2v) is 9.79. The maximum Gasteiger partial charge on any atom is 0.338 e. The fourth-order valence-electron chi connectivity index (χ4n) is 2.43. The van der Waals surface area contributed by atoms with Gasteiger partial charge in [0.05, 0.1) is 10.5 Å². The van der Waals surface area contributed by atoms with Crippen molar-refractivity contribution < 1.29 is 22.7 Å². The number of Topliss-reactive ketones (excluding diaryl/α,β-unsaturated/α-hetero) is 1. The highest BCUT2D eigenvalue weighted by atomic mass is 32.2. The highest BCUT2D eigenvalue weighted by Crippen LogP contribution is 2.22. The molecule has 0 saturated carbocycles. The molecule has 0 unspecified atom stereocenters. The number of hydrogen-bond acceptors (Lipinski definition) is 5. The molecule has 150 valence electrons. The molecule has 7 heteroatoms. The third-order valence-electron chi connectivity index (χ3n) is 4.28. The lowest BCUT2D eigenvalue weighted by molar-refractivity contribution is 0.0474. The molecule has 0 amide bonds. The minimum Gasteiger partial charge on any atom is -0.454 e. The Morgan fingerprint density at radius 3 is 1.86 bits per heavy atom. The van der Waals surface area contributed by atoms with E-state index in [0.717, 1.165) is 9.87 Å². The van der Waals surface area contributed by atoms with Crippen LogP contribution < -0.4 is 0 Å². The van der Waals surface area contributed by atoms with Crippen LogP contribution in [0.4, 0.5) is 0 Å². The highest BCUT2D eigenvalue weighted by Gasteiger charge is 2.19. The van der Waals surface area contributed by atoms with E-state index < -0.39 is 16.0 Å². The Hall–Kier alpha value is -2.51. The molecule has 0 bridgehead atoms. The van der Waals surface area contributed by atoms with Crippen LogP contribution in [0.25, 0.3) is 0 Å². The normalized spacial score (nSPS) is 12.1. The molecule has 0 heterocycles. The number of rotatable bonds is 6. The lowest BCUT2D eigenvalue weighted by Gasteiger charge is -2.18. The van der Waals surface area contributed by atoms with Crippen molar-refractivity contribution >= 4 is 21.8 Å². The molecular formula is C21H25NO5S. The van der Waals surface area contributed by atoms with Crippen LogP contribution in [-0.2, 0) is 20.2 Å². The quantitative estimate of drug-likeness (QED) is 0.546. The summed E-state index contributed by atoms with van der Waals surface area (Å²) in [7, 11) is -0.713. The zero-order chi connectivity index (χ0) is 21.1. The summed E-state index contributed by atoms with van der Waals surface area (Å²) < 4.78 is 30.2. The van der Waals surface area contributed by atoms with E-state index in [1.54, 1.807) is 12.1 Å². The van der Waals surface area contributed by atoms with Gasteiger partial charge < -0.3 is 4.74 Å².